The summed E-state index contributed by atoms with van der Waals surface area (Å²) in [7, 11) is 2.18. The molecule has 1 aromatic rings. The lowest BCUT2D eigenvalue weighted by Crippen LogP contribution is -2.39. The molecule has 0 bridgehead atoms. The van der Waals surface area contributed by atoms with E-state index in [4.69, 9.17) is 5.73 Å². The largest absolute Gasteiger partial charge is 0.329 e. The highest BCUT2D eigenvalue weighted by molar-refractivity contribution is 5.14. The summed E-state index contributed by atoms with van der Waals surface area (Å²) in [6.45, 7) is 1.80. The van der Waals surface area contributed by atoms with Gasteiger partial charge in [0.1, 0.15) is 0 Å². The molecule has 0 aliphatic heterocycles. The Morgan fingerprint density at radius 2 is 2.00 bits per heavy atom. The quantitative estimate of drug-likeness (QED) is 0.793. The standard InChI is InChI=1S/C13H20N2/c1-15(13(9-14)12-7-8-12)10-11-5-3-2-4-6-11/h2-6,12-13H,7-10,14H2,1H3/t13-/m1/s1. The number of rotatable bonds is 5. The molecule has 0 unspecified atom stereocenters. The monoisotopic (exact) mass is 204 g/mol. The predicted octanol–water partition coefficient (Wildman–Crippen LogP) is 1.86. The summed E-state index contributed by atoms with van der Waals surface area (Å²) in [4.78, 5) is 2.40. The third kappa shape index (κ3) is 2.80. The molecular weight excluding hydrogens is 184 g/mol. The molecular formula is C13H20N2. The molecule has 1 fully saturated rings. The molecule has 1 aliphatic rings. The average molecular weight is 204 g/mol. The molecule has 1 saturated carbocycles. The van der Waals surface area contributed by atoms with Crippen LogP contribution in [0.5, 0.6) is 0 Å². The molecule has 0 aromatic heterocycles. The summed E-state index contributed by atoms with van der Waals surface area (Å²) >= 11 is 0. The van der Waals surface area contributed by atoms with E-state index in [0.717, 1.165) is 19.0 Å². The summed E-state index contributed by atoms with van der Waals surface area (Å²) in [6.07, 6.45) is 2.72. The van der Waals surface area contributed by atoms with Crippen molar-refractivity contribution in [2.75, 3.05) is 13.6 Å². The second-order valence-electron chi connectivity index (χ2n) is 4.54. The zero-order valence-corrected chi connectivity index (χ0v) is 9.39. The van der Waals surface area contributed by atoms with Gasteiger partial charge < -0.3 is 5.73 Å². The van der Waals surface area contributed by atoms with E-state index in [1.54, 1.807) is 0 Å². The van der Waals surface area contributed by atoms with Gasteiger partial charge >= 0.3 is 0 Å². The number of nitrogens with two attached hydrogens (primary N) is 1. The minimum absolute atomic E-state index is 0.574. The SMILES string of the molecule is CN(Cc1ccccc1)[C@H](CN)C1CC1. The third-order valence-electron chi connectivity index (χ3n) is 3.25. The molecule has 1 aliphatic carbocycles. The van der Waals surface area contributed by atoms with Gasteiger partial charge in [-0.1, -0.05) is 30.3 Å². The molecule has 2 rings (SSSR count). The van der Waals surface area contributed by atoms with Crippen LogP contribution >= 0.6 is 0 Å². The van der Waals surface area contributed by atoms with Gasteiger partial charge in [0.25, 0.3) is 0 Å². The number of likely N-dealkylation sites (N-methyl/N-ethyl adjacent to an activating group) is 1. The van der Waals surface area contributed by atoms with Gasteiger partial charge in [0.2, 0.25) is 0 Å². The summed E-state index contributed by atoms with van der Waals surface area (Å²) < 4.78 is 0. The zero-order chi connectivity index (χ0) is 10.7. The normalized spacial score (nSPS) is 18.1. The van der Waals surface area contributed by atoms with Crippen LogP contribution < -0.4 is 5.73 Å². The van der Waals surface area contributed by atoms with E-state index in [1.807, 2.05) is 0 Å². The Labute approximate surface area is 92.1 Å². The summed E-state index contributed by atoms with van der Waals surface area (Å²) in [5.41, 5.74) is 7.20. The van der Waals surface area contributed by atoms with Crippen LogP contribution in [0.25, 0.3) is 0 Å². The third-order valence-corrected chi connectivity index (χ3v) is 3.25. The first-order valence-electron chi connectivity index (χ1n) is 5.75. The van der Waals surface area contributed by atoms with Gasteiger partial charge in [-0.15, -0.1) is 0 Å². The van der Waals surface area contributed by atoms with Crippen LogP contribution in [0.3, 0.4) is 0 Å². The minimum Gasteiger partial charge on any atom is -0.329 e. The molecule has 1 atom stereocenters. The van der Waals surface area contributed by atoms with Gasteiger partial charge in [-0.05, 0) is 31.4 Å². The summed E-state index contributed by atoms with van der Waals surface area (Å²) in [5, 5.41) is 0. The Kier molecular flexibility index (Phi) is 3.39. The number of benzene rings is 1. The molecule has 2 N–H and O–H groups in total. The van der Waals surface area contributed by atoms with Gasteiger partial charge in [0, 0.05) is 19.1 Å². The first-order chi connectivity index (χ1) is 7.31. The Bertz CT molecular complexity index is 293. The minimum atomic E-state index is 0.574. The van der Waals surface area contributed by atoms with Crippen molar-refractivity contribution in [2.45, 2.75) is 25.4 Å². The molecule has 0 spiro atoms. The fourth-order valence-corrected chi connectivity index (χ4v) is 2.20. The molecule has 2 heteroatoms. The van der Waals surface area contributed by atoms with E-state index in [9.17, 15) is 0 Å². The molecule has 2 nitrogen and oxygen atoms in total. The lowest BCUT2D eigenvalue weighted by molar-refractivity contribution is 0.215. The molecule has 0 heterocycles. The molecule has 0 radical (unpaired) electrons. The van der Waals surface area contributed by atoms with Crippen molar-refractivity contribution >= 4 is 0 Å². The van der Waals surface area contributed by atoms with Crippen molar-refractivity contribution in [1.82, 2.24) is 4.90 Å². The maximum Gasteiger partial charge on any atom is 0.0247 e. The molecule has 1 aromatic carbocycles. The van der Waals surface area contributed by atoms with Gasteiger partial charge in [0.15, 0.2) is 0 Å². The van der Waals surface area contributed by atoms with Gasteiger partial charge in [-0.25, -0.2) is 0 Å². The lowest BCUT2D eigenvalue weighted by atomic mass is 10.1. The molecule has 15 heavy (non-hydrogen) atoms. The molecule has 0 saturated heterocycles. The second kappa shape index (κ2) is 4.77. The van der Waals surface area contributed by atoms with Crippen LogP contribution in [0.2, 0.25) is 0 Å². The number of hydrogen-bond donors (Lipinski definition) is 1. The van der Waals surface area contributed by atoms with E-state index in [-0.39, 0.29) is 0 Å². The van der Waals surface area contributed by atoms with Crippen molar-refractivity contribution in [3.05, 3.63) is 35.9 Å². The maximum atomic E-state index is 5.83. The van der Waals surface area contributed by atoms with Gasteiger partial charge in [0.05, 0.1) is 0 Å². The van der Waals surface area contributed by atoms with Crippen molar-refractivity contribution in [3.63, 3.8) is 0 Å². The summed E-state index contributed by atoms with van der Waals surface area (Å²) in [5.74, 6) is 0.851. The van der Waals surface area contributed by atoms with E-state index < -0.39 is 0 Å². The van der Waals surface area contributed by atoms with Crippen LogP contribution in [0, 0.1) is 5.92 Å². The highest BCUT2D eigenvalue weighted by atomic mass is 15.1. The highest BCUT2D eigenvalue weighted by Gasteiger charge is 2.32. The Morgan fingerprint density at radius 1 is 1.33 bits per heavy atom. The van der Waals surface area contributed by atoms with Gasteiger partial charge in [-0.2, -0.15) is 0 Å². The van der Waals surface area contributed by atoms with Crippen LogP contribution in [-0.2, 0) is 6.54 Å². The molecule has 0 amide bonds. The average Bonchev–Trinajstić information content (AvgIpc) is 3.04. The summed E-state index contributed by atoms with van der Waals surface area (Å²) in [6, 6.07) is 11.2. The Morgan fingerprint density at radius 3 is 2.53 bits per heavy atom. The predicted molar refractivity (Wildman–Crippen MR) is 63.5 cm³/mol. The smallest absolute Gasteiger partial charge is 0.0247 e. The lowest BCUT2D eigenvalue weighted by Gasteiger charge is -2.26. The Hall–Kier alpha value is -0.860. The topological polar surface area (TPSA) is 29.3 Å². The van der Waals surface area contributed by atoms with Crippen LogP contribution in [0.15, 0.2) is 30.3 Å². The maximum absolute atomic E-state index is 5.83. The van der Waals surface area contributed by atoms with Crippen LogP contribution in [0.1, 0.15) is 18.4 Å². The first kappa shape index (κ1) is 10.7. The highest BCUT2D eigenvalue weighted by Crippen LogP contribution is 2.34. The first-order valence-corrected chi connectivity index (χ1v) is 5.75. The number of nitrogens with zero attached hydrogens (tertiary/aromatic N) is 1. The fraction of sp³-hybridized carbons (Fsp3) is 0.538. The zero-order valence-electron chi connectivity index (χ0n) is 9.39. The van der Waals surface area contributed by atoms with Gasteiger partial charge in [-0.3, -0.25) is 4.90 Å². The fourth-order valence-electron chi connectivity index (χ4n) is 2.20. The van der Waals surface area contributed by atoms with Crippen molar-refractivity contribution in [3.8, 4) is 0 Å². The van der Waals surface area contributed by atoms with Crippen molar-refractivity contribution < 1.29 is 0 Å². The Balaban J connectivity index is 1.93. The van der Waals surface area contributed by atoms with Crippen LogP contribution in [0.4, 0.5) is 0 Å². The number of hydrogen-bond acceptors (Lipinski definition) is 2. The molecule has 82 valence electrons. The van der Waals surface area contributed by atoms with E-state index in [1.165, 1.54) is 18.4 Å². The van der Waals surface area contributed by atoms with Crippen LogP contribution in [-0.4, -0.2) is 24.5 Å². The van der Waals surface area contributed by atoms with E-state index >= 15 is 0 Å². The van der Waals surface area contributed by atoms with Crippen molar-refractivity contribution in [2.24, 2.45) is 11.7 Å². The second-order valence-corrected chi connectivity index (χ2v) is 4.54. The van der Waals surface area contributed by atoms with Crippen molar-refractivity contribution in [1.29, 1.82) is 0 Å². The van der Waals surface area contributed by atoms with E-state index in [2.05, 4.69) is 42.3 Å². The van der Waals surface area contributed by atoms with E-state index in [0.29, 0.717) is 6.04 Å².